The van der Waals surface area contributed by atoms with Gasteiger partial charge in [0.25, 0.3) is 11.8 Å². The van der Waals surface area contributed by atoms with Crippen LogP contribution >= 0.6 is 0 Å². The summed E-state index contributed by atoms with van der Waals surface area (Å²) in [6.07, 6.45) is -5.39. The van der Waals surface area contributed by atoms with E-state index in [-0.39, 0.29) is 17.1 Å². The molecule has 0 saturated carbocycles. The summed E-state index contributed by atoms with van der Waals surface area (Å²) >= 11 is 0. The molecule has 29 heavy (non-hydrogen) atoms. The number of carbonyl (C=O) groups is 2. The van der Waals surface area contributed by atoms with Crippen LogP contribution in [0.1, 0.15) is 58.8 Å². The molecule has 2 aromatic rings. The van der Waals surface area contributed by atoms with Crippen LogP contribution in [-0.4, -0.2) is 17.4 Å². The molecule has 9 heteroatoms. The van der Waals surface area contributed by atoms with Gasteiger partial charge in [0.1, 0.15) is 12.0 Å². The van der Waals surface area contributed by atoms with Crippen LogP contribution in [0.25, 0.3) is 0 Å². The van der Waals surface area contributed by atoms with Crippen LogP contribution in [0.4, 0.5) is 23.2 Å². The molecule has 0 spiro atoms. The fourth-order valence-electron chi connectivity index (χ4n) is 3.08. The quantitative estimate of drug-likeness (QED) is 0.665. The van der Waals surface area contributed by atoms with E-state index in [0.29, 0.717) is 23.3 Å². The molecule has 0 radical (unpaired) electrons. The molecule has 1 aliphatic heterocycles. The number of benzene rings is 2. The van der Waals surface area contributed by atoms with Crippen molar-refractivity contribution in [2.75, 3.05) is 5.32 Å². The number of halogens is 4. The molecular formula is C20H19F4N3O2. The third kappa shape index (κ3) is 4.56. The zero-order chi connectivity index (χ0) is 21.6. The van der Waals surface area contributed by atoms with Crippen molar-refractivity contribution in [1.82, 2.24) is 10.6 Å². The number of amides is 2. The second-order valence-corrected chi connectivity index (χ2v) is 7.75. The first kappa shape index (κ1) is 20.8. The Balaban J connectivity index is 1.95. The first-order valence-corrected chi connectivity index (χ1v) is 8.76. The number of alkyl halides is 3. The number of fused-ring (bicyclic) bond motifs is 1. The molecule has 3 N–H and O–H groups in total. The SMILES string of the molecule is CC(C)(C)N[C@H]1NC(=O)c2cccc(NC(=O)c3cc(F)cc(C(F)(F)F)c3)c21. The molecule has 3 rings (SSSR count). The summed E-state index contributed by atoms with van der Waals surface area (Å²) in [6.45, 7) is 5.68. The molecule has 2 amide bonds. The molecule has 5 nitrogen and oxygen atoms in total. The van der Waals surface area contributed by atoms with E-state index < -0.39 is 35.2 Å². The molecule has 2 aromatic carbocycles. The Labute approximate surface area is 164 Å². The van der Waals surface area contributed by atoms with E-state index in [4.69, 9.17) is 0 Å². The Morgan fingerprint density at radius 3 is 2.41 bits per heavy atom. The largest absolute Gasteiger partial charge is 0.416 e. The molecule has 154 valence electrons. The topological polar surface area (TPSA) is 70.2 Å². The molecule has 1 aliphatic rings. The van der Waals surface area contributed by atoms with Gasteiger partial charge in [-0.15, -0.1) is 0 Å². The number of nitrogens with one attached hydrogen (secondary N) is 3. The summed E-state index contributed by atoms with van der Waals surface area (Å²) in [5, 5.41) is 8.46. The van der Waals surface area contributed by atoms with Gasteiger partial charge in [-0.2, -0.15) is 13.2 Å². The predicted molar refractivity (Wildman–Crippen MR) is 98.9 cm³/mol. The lowest BCUT2D eigenvalue weighted by molar-refractivity contribution is -0.137. The second kappa shape index (κ2) is 7.14. The molecule has 1 atom stereocenters. The van der Waals surface area contributed by atoms with Crippen LogP contribution in [0.5, 0.6) is 0 Å². The van der Waals surface area contributed by atoms with Gasteiger partial charge in [0.05, 0.1) is 5.56 Å². The van der Waals surface area contributed by atoms with Crippen LogP contribution in [0.3, 0.4) is 0 Å². The van der Waals surface area contributed by atoms with Crippen molar-refractivity contribution in [3.63, 3.8) is 0 Å². The number of anilines is 1. The first-order chi connectivity index (χ1) is 13.3. The van der Waals surface area contributed by atoms with E-state index >= 15 is 0 Å². The van der Waals surface area contributed by atoms with E-state index in [1.54, 1.807) is 12.1 Å². The summed E-state index contributed by atoms with van der Waals surface area (Å²) in [5.74, 6) is -2.44. The van der Waals surface area contributed by atoms with E-state index in [0.717, 1.165) is 6.07 Å². The smallest absolute Gasteiger partial charge is 0.332 e. The van der Waals surface area contributed by atoms with Gasteiger partial charge in [-0.1, -0.05) is 6.07 Å². The van der Waals surface area contributed by atoms with Crippen LogP contribution in [0.2, 0.25) is 0 Å². The van der Waals surface area contributed by atoms with E-state index in [9.17, 15) is 27.2 Å². The zero-order valence-corrected chi connectivity index (χ0v) is 15.9. The average molecular weight is 409 g/mol. The predicted octanol–water partition coefficient (Wildman–Crippen LogP) is 4.23. The van der Waals surface area contributed by atoms with Gasteiger partial charge in [-0.3, -0.25) is 14.9 Å². The lowest BCUT2D eigenvalue weighted by Gasteiger charge is -2.27. The summed E-state index contributed by atoms with van der Waals surface area (Å²) in [5.41, 5.74) is -1.07. The van der Waals surface area contributed by atoms with Crippen molar-refractivity contribution in [1.29, 1.82) is 0 Å². The van der Waals surface area contributed by atoms with Crippen molar-refractivity contribution in [2.45, 2.75) is 38.7 Å². The van der Waals surface area contributed by atoms with Crippen LogP contribution < -0.4 is 16.0 Å². The minimum absolute atomic E-state index is 0.241. The summed E-state index contributed by atoms with van der Waals surface area (Å²) in [6, 6.07) is 6.27. The summed E-state index contributed by atoms with van der Waals surface area (Å²) < 4.78 is 52.4. The highest BCUT2D eigenvalue weighted by Gasteiger charge is 2.34. The van der Waals surface area contributed by atoms with Crippen molar-refractivity contribution in [3.05, 3.63) is 64.5 Å². The van der Waals surface area contributed by atoms with Crippen LogP contribution in [0.15, 0.2) is 36.4 Å². The molecule has 0 bridgehead atoms. The number of rotatable bonds is 3. The Bertz CT molecular complexity index is 981. The summed E-state index contributed by atoms with van der Waals surface area (Å²) in [4.78, 5) is 24.8. The van der Waals surface area contributed by atoms with Gasteiger partial charge in [-0.25, -0.2) is 4.39 Å². The standard InChI is InChI=1S/C20H19F4N3O2/c1-19(2,3)27-16-15-13(18(29)26-16)5-4-6-14(15)25-17(28)10-7-11(20(22,23)24)9-12(21)8-10/h4-9,16,27H,1-3H3,(H,25,28)(H,26,29)/t16-/m1/s1. The maximum absolute atomic E-state index is 13.6. The van der Waals surface area contributed by atoms with Crippen molar-refractivity contribution < 1.29 is 27.2 Å². The Kier molecular flexibility index (Phi) is 5.12. The van der Waals surface area contributed by atoms with Gasteiger partial charge >= 0.3 is 6.18 Å². The van der Waals surface area contributed by atoms with Gasteiger partial charge in [0.2, 0.25) is 0 Å². The number of hydrogen-bond acceptors (Lipinski definition) is 3. The highest BCUT2D eigenvalue weighted by atomic mass is 19.4. The van der Waals surface area contributed by atoms with Gasteiger partial charge in [0, 0.05) is 27.9 Å². The fourth-order valence-corrected chi connectivity index (χ4v) is 3.08. The molecule has 0 aromatic heterocycles. The second-order valence-electron chi connectivity index (χ2n) is 7.75. The lowest BCUT2D eigenvalue weighted by atomic mass is 10.0. The monoisotopic (exact) mass is 409 g/mol. The number of carbonyl (C=O) groups excluding carboxylic acids is 2. The molecular weight excluding hydrogens is 390 g/mol. The lowest BCUT2D eigenvalue weighted by Crippen LogP contribution is -2.43. The van der Waals surface area contributed by atoms with Gasteiger partial charge < -0.3 is 10.6 Å². The van der Waals surface area contributed by atoms with E-state index in [2.05, 4.69) is 16.0 Å². The highest BCUT2D eigenvalue weighted by molar-refractivity contribution is 6.07. The van der Waals surface area contributed by atoms with Gasteiger partial charge in [0.15, 0.2) is 0 Å². The Hall–Kier alpha value is -2.94. The number of hydrogen-bond donors (Lipinski definition) is 3. The Morgan fingerprint density at radius 1 is 1.10 bits per heavy atom. The maximum Gasteiger partial charge on any atom is 0.416 e. The Morgan fingerprint density at radius 2 is 1.79 bits per heavy atom. The molecule has 0 fully saturated rings. The highest BCUT2D eigenvalue weighted by Crippen LogP contribution is 2.33. The third-order valence-electron chi connectivity index (χ3n) is 4.23. The van der Waals surface area contributed by atoms with Crippen LogP contribution in [-0.2, 0) is 6.18 Å². The van der Waals surface area contributed by atoms with E-state index in [1.807, 2.05) is 20.8 Å². The first-order valence-electron chi connectivity index (χ1n) is 8.76. The molecule has 0 aliphatic carbocycles. The zero-order valence-electron chi connectivity index (χ0n) is 15.9. The van der Waals surface area contributed by atoms with E-state index in [1.165, 1.54) is 6.07 Å². The fraction of sp³-hybridized carbons (Fsp3) is 0.300. The molecule has 1 heterocycles. The molecule has 0 unspecified atom stereocenters. The van der Waals surface area contributed by atoms with Crippen molar-refractivity contribution in [3.8, 4) is 0 Å². The minimum Gasteiger partial charge on any atom is -0.332 e. The van der Waals surface area contributed by atoms with Crippen LogP contribution in [0, 0.1) is 5.82 Å². The van der Waals surface area contributed by atoms with Crippen molar-refractivity contribution >= 4 is 17.5 Å². The summed E-state index contributed by atoms with van der Waals surface area (Å²) in [7, 11) is 0. The third-order valence-corrected chi connectivity index (χ3v) is 4.23. The van der Waals surface area contributed by atoms with Gasteiger partial charge in [-0.05, 0) is 51.1 Å². The normalized spacial score (nSPS) is 16.4. The average Bonchev–Trinajstić information content (AvgIpc) is 2.88. The van der Waals surface area contributed by atoms with Crippen molar-refractivity contribution in [2.24, 2.45) is 0 Å². The molecule has 0 saturated heterocycles. The maximum atomic E-state index is 13.6. The minimum atomic E-state index is -4.79.